The standard InChI is InChI=1S/C16H13Cl2N3O4S/c17-11-3-1-5-14(16(11)18)26(22,23)19-8-10-25-15-7-6-12(20-21-15)13-4-2-9-24-13/h1-7,9,19H,8,10H2. The molecule has 10 heteroatoms. The Morgan fingerprint density at radius 2 is 1.92 bits per heavy atom. The van der Waals surface area contributed by atoms with Crippen LogP contribution in [-0.2, 0) is 10.0 Å². The Hall–Kier alpha value is -2.13. The van der Waals surface area contributed by atoms with Gasteiger partial charge >= 0.3 is 0 Å². The van der Waals surface area contributed by atoms with E-state index in [0.717, 1.165) is 0 Å². The summed E-state index contributed by atoms with van der Waals surface area (Å²) in [6.07, 6.45) is 1.54. The molecular weight excluding hydrogens is 401 g/mol. The number of nitrogens with one attached hydrogen (secondary N) is 1. The van der Waals surface area contributed by atoms with Crippen molar-refractivity contribution in [2.45, 2.75) is 4.90 Å². The molecule has 3 rings (SSSR count). The molecule has 0 aliphatic heterocycles. The zero-order valence-corrected chi connectivity index (χ0v) is 15.6. The largest absolute Gasteiger partial charge is 0.475 e. The number of sulfonamides is 1. The molecule has 0 radical (unpaired) electrons. The highest BCUT2D eigenvalue weighted by Crippen LogP contribution is 2.28. The molecule has 2 aromatic heterocycles. The minimum absolute atomic E-state index is 0.0206. The van der Waals surface area contributed by atoms with E-state index in [-0.39, 0.29) is 34.0 Å². The summed E-state index contributed by atoms with van der Waals surface area (Å²) in [7, 11) is -3.80. The first-order valence-corrected chi connectivity index (χ1v) is 9.65. The topological polar surface area (TPSA) is 94.3 Å². The van der Waals surface area contributed by atoms with Gasteiger partial charge < -0.3 is 9.15 Å². The number of nitrogens with zero attached hydrogens (tertiary/aromatic N) is 2. The Balaban J connectivity index is 1.54. The van der Waals surface area contributed by atoms with Crippen molar-refractivity contribution in [3.8, 4) is 17.3 Å². The van der Waals surface area contributed by atoms with Crippen LogP contribution >= 0.6 is 23.2 Å². The van der Waals surface area contributed by atoms with Gasteiger partial charge in [0.2, 0.25) is 15.9 Å². The maximum atomic E-state index is 12.2. The molecule has 0 bridgehead atoms. The number of aromatic nitrogens is 2. The lowest BCUT2D eigenvalue weighted by molar-refractivity contribution is 0.307. The van der Waals surface area contributed by atoms with Gasteiger partial charge in [-0.1, -0.05) is 29.3 Å². The Bertz CT molecular complexity index is 977. The van der Waals surface area contributed by atoms with E-state index < -0.39 is 10.0 Å². The SMILES string of the molecule is O=S(=O)(NCCOc1ccc(-c2ccco2)nn1)c1cccc(Cl)c1Cl. The van der Waals surface area contributed by atoms with Crippen LogP contribution in [0.1, 0.15) is 0 Å². The van der Waals surface area contributed by atoms with Crippen molar-refractivity contribution >= 4 is 33.2 Å². The molecule has 2 heterocycles. The van der Waals surface area contributed by atoms with Crippen LogP contribution < -0.4 is 9.46 Å². The third-order valence-corrected chi connectivity index (χ3v) is 5.70. The van der Waals surface area contributed by atoms with Gasteiger partial charge in [0.15, 0.2) is 5.76 Å². The van der Waals surface area contributed by atoms with E-state index >= 15 is 0 Å². The van der Waals surface area contributed by atoms with Gasteiger partial charge in [-0.3, -0.25) is 0 Å². The number of benzene rings is 1. The van der Waals surface area contributed by atoms with Crippen molar-refractivity contribution in [2.75, 3.05) is 13.2 Å². The van der Waals surface area contributed by atoms with Gasteiger partial charge in [-0.25, -0.2) is 13.1 Å². The van der Waals surface area contributed by atoms with Gasteiger partial charge in [0.05, 0.1) is 16.3 Å². The van der Waals surface area contributed by atoms with Crippen LogP contribution in [0.5, 0.6) is 5.88 Å². The molecule has 0 unspecified atom stereocenters. The van der Waals surface area contributed by atoms with E-state index in [0.29, 0.717) is 11.5 Å². The molecule has 0 amide bonds. The summed E-state index contributed by atoms with van der Waals surface area (Å²) in [5.41, 5.74) is 0.568. The van der Waals surface area contributed by atoms with Gasteiger partial charge in [0.25, 0.3) is 0 Å². The van der Waals surface area contributed by atoms with Gasteiger partial charge in [-0.2, -0.15) is 0 Å². The third kappa shape index (κ3) is 4.34. The summed E-state index contributed by atoms with van der Waals surface area (Å²) in [5.74, 6) is 0.857. The van der Waals surface area contributed by atoms with E-state index in [1.165, 1.54) is 18.2 Å². The Labute approximate surface area is 160 Å². The van der Waals surface area contributed by atoms with Crippen molar-refractivity contribution in [2.24, 2.45) is 0 Å². The molecule has 0 spiro atoms. The van der Waals surface area contributed by atoms with Crippen LogP contribution in [0.2, 0.25) is 10.0 Å². The van der Waals surface area contributed by atoms with Crippen LogP contribution in [-0.4, -0.2) is 31.8 Å². The molecule has 0 aliphatic carbocycles. The Morgan fingerprint density at radius 1 is 1.08 bits per heavy atom. The monoisotopic (exact) mass is 413 g/mol. The molecule has 136 valence electrons. The molecule has 1 aromatic carbocycles. The van der Waals surface area contributed by atoms with Crippen LogP contribution in [0, 0.1) is 0 Å². The second-order valence-electron chi connectivity index (χ2n) is 5.03. The predicted molar refractivity (Wildman–Crippen MR) is 96.9 cm³/mol. The number of hydrogen-bond donors (Lipinski definition) is 1. The summed E-state index contributed by atoms with van der Waals surface area (Å²) in [4.78, 5) is -0.0886. The third-order valence-electron chi connectivity index (χ3n) is 3.26. The number of halogens is 2. The zero-order chi connectivity index (χ0) is 18.6. The molecule has 0 saturated heterocycles. The molecule has 0 atom stereocenters. The van der Waals surface area contributed by atoms with Crippen molar-refractivity contribution < 1.29 is 17.6 Å². The van der Waals surface area contributed by atoms with Crippen LogP contribution in [0.25, 0.3) is 11.5 Å². The molecule has 7 nitrogen and oxygen atoms in total. The highest BCUT2D eigenvalue weighted by Gasteiger charge is 2.18. The zero-order valence-electron chi connectivity index (χ0n) is 13.2. The van der Waals surface area contributed by atoms with Gasteiger partial charge in [-0.05, 0) is 30.3 Å². The maximum Gasteiger partial charge on any atom is 0.242 e. The van der Waals surface area contributed by atoms with Gasteiger partial charge in [0, 0.05) is 12.6 Å². The first-order valence-electron chi connectivity index (χ1n) is 7.41. The Kier molecular flexibility index (Phi) is 5.77. The maximum absolute atomic E-state index is 12.2. The van der Waals surface area contributed by atoms with E-state index in [9.17, 15) is 8.42 Å². The van der Waals surface area contributed by atoms with Crippen molar-refractivity contribution in [1.82, 2.24) is 14.9 Å². The molecule has 1 N–H and O–H groups in total. The molecule has 0 saturated carbocycles. The highest BCUT2D eigenvalue weighted by molar-refractivity contribution is 7.89. The lowest BCUT2D eigenvalue weighted by atomic mass is 10.3. The molecule has 0 aliphatic rings. The van der Waals surface area contributed by atoms with E-state index in [1.807, 2.05) is 0 Å². The normalized spacial score (nSPS) is 11.5. The average molecular weight is 414 g/mol. The fourth-order valence-electron chi connectivity index (χ4n) is 2.05. The first-order chi connectivity index (χ1) is 12.5. The quantitative estimate of drug-likeness (QED) is 0.596. The van der Waals surface area contributed by atoms with Gasteiger partial charge in [0.1, 0.15) is 17.2 Å². The summed E-state index contributed by atoms with van der Waals surface area (Å²) in [6, 6.07) is 11.2. The fraction of sp³-hybridized carbons (Fsp3) is 0.125. The number of hydrogen-bond acceptors (Lipinski definition) is 6. The van der Waals surface area contributed by atoms with Crippen molar-refractivity contribution in [3.63, 3.8) is 0 Å². The summed E-state index contributed by atoms with van der Waals surface area (Å²) < 4.78 is 37.5. The lowest BCUT2D eigenvalue weighted by Gasteiger charge is -2.09. The van der Waals surface area contributed by atoms with E-state index in [1.54, 1.807) is 30.5 Å². The van der Waals surface area contributed by atoms with Crippen molar-refractivity contribution in [1.29, 1.82) is 0 Å². The van der Waals surface area contributed by atoms with E-state index in [2.05, 4.69) is 14.9 Å². The number of ether oxygens (including phenoxy) is 1. The first kappa shape index (κ1) is 18.7. The second kappa shape index (κ2) is 8.05. The molecule has 3 aromatic rings. The number of furan rings is 1. The second-order valence-corrected chi connectivity index (χ2v) is 7.55. The lowest BCUT2D eigenvalue weighted by Crippen LogP contribution is -2.28. The van der Waals surface area contributed by atoms with Gasteiger partial charge in [-0.15, -0.1) is 10.2 Å². The molecule has 0 fully saturated rings. The van der Waals surface area contributed by atoms with Crippen LogP contribution in [0.4, 0.5) is 0 Å². The fourth-order valence-corrected chi connectivity index (χ4v) is 3.83. The van der Waals surface area contributed by atoms with Crippen LogP contribution in [0.15, 0.2) is 58.0 Å². The van der Waals surface area contributed by atoms with Crippen LogP contribution in [0.3, 0.4) is 0 Å². The smallest absolute Gasteiger partial charge is 0.242 e. The summed E-state index contributed by atoms with van der Waals surface area (Å²) in [5, 5.41) is 8.02. The van der Waals surface area contributed by atoms with Crippen molar-refractivity contribution in [3.05, 3.63) is 58.8 Å². The minimum atomic E-state index is -3.80. The minimum Gasteiger partial charge on any atom is -0.475 e. The Morgan fingerprint density at radius 3 is 2.62 bits per heavy atom. The molecular formula is C16H13Cl2N3O4S. The average Bonchev–Trinajstić information content (AvgIpc) is 3.16. The van der Waals surface area contributed by atoms with E-state index in [4.69, 9.17) is 32.4 Å². The molecule has 26 heavy (non-hydrogen) atoms. The number of rotatable bonds is 7. The summed E-state index contributed by atoms with van der Waals surface area (Å²) >= 11 is 11.8. The summed E-state index contributed by atoms with van der Waals surface area (Å²) in [6.45, 7) is 0.0823. The highest BCUT2D eigenvalue weighted by atomic mass is 35.5. The predicted octanol–water partition coefficient (Wildman–Crippen LogP) is 3.40.